The van der Waals surface area contributed by atoms with Crippen molar-refractivity contribution in [3.8, 4) is 5.75 Å². The molecular weight excluding hydrogens is 376 g/mol. The molecule has 1 N–H and O–H groups in total. The van der Waals surface area contributed by atoms with Crippen molar-refractivity contribution in [1.29, 1.82) is 0 Å². The fraction of sp³-hybridized carbons (Fsp3) is 0.500. The Morgan fingerprint density at radius 1 is 1.07 bits per heavy atom. The van der Waals surface area contributed by atoms with Gasteiger partial charge in [0.2, 0.25) is 0 Å². The first-order valence-corrected chi connectivity index (χ1v) is 9.24. The van der Waals surface area contributed by atoms with E-state index >= 15 is 0 Å². The van der Waals surface area contributed by atoms with Crippen LogP contribution in [0.2, 0.25) is 0 Å². The van der Waals surface area contributed by atoms with Crippen molar-refractivity contribution in [3.05, 3.63) is 54.1 Å². The summed E-state index contributed by atoms with van der Waals surface area (Å²) in [6.45, 7) is 0. The summed E-state index contributed by atoms with van der Waals surface area (Å²) in [6, 6.07) is 5.25. The van der Waals surface area contributed by atoms with E-state index in [2.05, 4.69) is 14.7 Å². The lowest BCUT2D eigenvalue weighted by Gasteiger charge is -2.39. The molecule has 0 spiro atoms. The molecule has 1 aliphatic rings. The summed E-state index contributed by atoms with van der Waals surface area (Å²) in [5, 5.41) is 11.6. The van der Waals surface area contributed by atoms with Crippen molar-refractivity contribution in [2.24, 2.45) is 5.92 Å². The minimum atomic E-state index is -4.57. The highest BCUT2D eigenvalue weighted by Gasteiger charge is 2.44. The van der Waals surface area contributed by atoms with Gasteiger partial charge in [-0.15, -0.1) is 0 Å². The van der Waals surface area contributed by atoms with Crippen LogP contribution in [-0.4, -0.2) is 27.6 Å². The normalized spacial score (nSPS) is 18.1. The van der Waals surface area contributed by atoms with Crippen molar-refractivity contribution in [1.82, 2.24) is 9.97 Å². The van der Waals surface area contributed by atoms with Gasteiger partial charge in [-0.05, 0) is 36.5 Å². The number of ether oxygens (including phenoxy) is 1. The Hall–Kier alpha value is -2.22. The molecule has 8 heteroatoms. The van der Waals surface area contributed by atoms with E-state index in [9.17, 15) is 22.7 Å². The molecule has 1 unspecified atom stereocenters. The molecule has 0 saturated heterocycles. The number of halogens is 4. The molecule has 3 rings (SSSR count). The quantitative estimate of drug-likeness (QED) is 0.686. The fourth-order valence-electron chi connectivity index (χ4n) is 3.77. The van der Waals surface area contributed by atoms with E-state index in [1.165, 1.54) is 24.3 Å². The predicted molar refractivity (Wildman–Crippen MR) is 94.2 cm³/mol. The monoisotopic (exact) mass is 398 g/mol. The van der Waals surface area contributed by atoms with E-state index in [0.717, 1.165) is 32.1 Å². The van der Waals surface area contributed by atoms with Crippen molar-refractivity contribution in [2.45, 2.75) is 56.7 Å². The molecule has 1 aliphatic carbocycles. The van der Waals surface area contributed by atoms with Crippen molar-refractivity contribution >= 4 is 0 Å². The second-order valence-electron chi connectivity index (χ2n) is 7.12. The third-order valence-electron chi connectivity index (χ3n) is 5.21. The van der Waals surface area contributed by atoms with Crippen LogP contribution in [0.1, 0.15) is 43.4 Å². The summed E-state index contributed by atoms with van der Waals surface area (Å²) in [5.74, 6) is -0.419. The number of nitrogens with zero attached hydrogens (tertiary/aromatic N) is 2. The van der Waals surface area contributed by atoms with E-state index in [1.807, 2.05) is 0 Å². The Balaban J connectivity index is 1.87. The first-order chi connectivity index (χ1) is 13.3. The SMILES string of the molecule is OC(Cc1cnccn1)(c1ccc(OC(F)(F)C(F)F)cc1)C1CCCCC1. The molecule has 0 bridgehead atoms. The molecule has 1 aromatic carbocycles. The van der Waals surface area contributed by atoms with Gasteiger partial charge in [-0.2, -0.15) is 17.6 Å². The van der Waals surface area contributed by atoms with Gasteiger partial charge >= 0.3 is 12.5 Å². The third-order valence-corrected chi connectivity index (χ3v) is 5.21. The van der Waals surface area contributed by atoms with Crippen molar-refractivity contribution in [2.75, 3.05) is 0 Å². The van der Waals surface area contributed by atoms with E-state index < -0.39 is 18.1 Å². The molecule has 28 heavy (non-hydrogen) atoms. The Bertz CT molecular complexity index is 753. The van der Waals surface area contributed by atoms with E-state index in [1.54, 1.807) is 18.6 Å². The largest absolute Gasteiger partial charge is 0.461 e. The smallest absolute Gasteiger partial charge is 0.428 e. The molecule has 1 saturated carbocycles. The van der Waals surface area contributed by atoms with Crippen LogP contribution in [-0.2, 0) is 12.0 Å². The summed E-state index contributed by atoms with van der Waals surface area (Å²) >= 11 is 0. The number of aromatic nitrogens is 2. The zero-order valence-electron chi connectivity index (χ0n) is 15.2. The minimum absolute atomic E-state index is 0.0301. The number of hydrogen-bond donors (Lipinski definition) is 1. The topological polar surface area (TPSA) is 55.2 Å². The van der Waals surface area contributed by atoms with Gasteiger partial charge in [0.05, 0.1) is 11.3 Å². The number of aliphatic hydroxyl groups is 1. The summed E-state index contributed by atoms with van der Waals surface area (Å²) in [6.07, 6.45) is 1.14. The van der Waals surface area contributed by atoms with Gasteiger partial charge in [0.15, 0.2) is 0 Å². The molecule has 0 aliphatic heterocycles. The summed E-state index contributed by atoms with van der Waals surface area (Å²) < 4.78 is 55.0. The van der Waals surface area contributed by atoms with Crippen molar-refractivity contribution < 1.29 is 27.4 Å². The highest BCUT2D eigenvalue weighted by molar-refractivity contribution is 5.33. The standard InChI is InChI=1S/C20H22F4N2O2/c21-18(22)20(23,24)28-17-8-6-15(7-9-17)19(27,14-4-2-1-3-5-14)12-16-13-25-10-11-26-16/h6-11,13-14,18,27H,1-5,12H2. The lowest BCUT2D eigenvalue weighted by molar-refractivity contribution is -0.253. The average Bonchev–Trinajstić information content (AvgIpc) is 2.69. The van der Waals surface area contributed by atoms with Crippen LogP contribution < -0.4 is 4.74 Å². The molecule has 1 aromatic heterocycles. The molecule has 1 heterocycles. The van der Waals surface area contributed by atoms with Gasteiger partial charge in [-0.1, -0.05) is 31.4 Å². The maximum Gasteiger partial charge on any atom is 0.461 e. The molecule has 0 radical (unpaired) electrons. The fourth-order valence-corrected chi connectivity index (χ4v) is 3.77. The maximum atomic E-state index is 13.1. The van der Waals surface area contributed by atoms with Crippen LogP contribution in [0.25, 0.3) is 0 Å². The van der Waals surface area contributed by atoms with E-state index in [-0.39, 0.29) is 18.1 Å². The van der Waals surface area contributed by atoms with Crippen LogP contribution in [0.4, 0.5) is 17.6 Å². The Morgan fingerprint density at radius 2 is 1.75 bits per heavy atom. The van der Waals surface area contributed by atoms with Gasteiger partial charge in [-0.3, -0.25) is 9.97 Å². The predicted octanol–water partition coefficient (Wildman–Crippen LogP) is 4.72. The zero-order chi connectivity index (χ0) is 20.2. The Kier molecular flexibility index (Phi) is 6.17. The summed E-state index contributed by atoms with van der Waals surface area (Å²) in [7, 11) is 0. The van der Waals surface area contributed by atoms with Crippen LogP contribution in [0.3, 0.4) is 0 Å². The number of benzene rings is 1. The molecule has 2 aromatic rings. The van der Waals surface area contributed by atoms with Crippen LogP contribution in [0.15, 0.2) is 42.9 Å². The van der Waals surface area contributed by atoms with Gasteiger partial charge in [-0.25, -0.2) is 0 Å². The second kappa shape index (κ2) is 8.43. The summed E-state index contributed by atoms with van der Waals surface area (Å²) in [5.41, 5.74) is -0.141. The number of hydrogen-bond acceptors (Lipinski definition) is 4. The second-order valence-corrected chi connectivity index (χ2v) is 7.12. The van der Waals surface area contributed by atoms with Crippen molar-refractivity contribution in [3.63, 3.8) is 0 Å². The van der Waals surface area contributed by atoms with Crippen LogP contribution >= 0.6 is 0 Å². The first kappa shape index (κ1) is 20.5. The Morgan fingerprint density at radius 3 is 2.32 bits per heavy atom. The molecular formula is C20H22F4N2O2. The third kappa shape index (κ3) is 4.60. The molecule has 152 valence electrons. The number of rotatable bonds is 7. The number of alkyl halides is 4. The molecule has 1 fully saturated rings. The molecule has 0 amide bonds. The van der Waals surface area contributed by atoms with Gasteiger partial charge < -0.3 is 9.84 Å². The van der Waals surface area contributed by atoms with Gasteiger partial charge in [0.1, 0.15) is 5.75 Å². The lowest BCUT2D eigenvalue weighted by atomic mass is 9.71. The first-order valence-electron chi connectivity index (χ1n) is 9.24. The highest BCUT2D eigenvalue weighted by atomic mass is 19.3. The van der Waals surface area contributed by atoms with E-state index in [4.69, 9.17) is 0 Å². The lowest BCUT2D eigenvalue weighted by Crippen LogP contribution is -2.39. The molecule has 4 nitrogen and oxygen atoms in total. The Labute approximate surface area is 160 Å². The minimum Gasteiger partial charge on any atom is -0.428 e. The van der Waals surface area contributed by atoms with E-state index in [0.29, 0.717) is 11.3 Å². The average molecular weight is 398 g/mol. The van der Waals surface area contributed by atoms with Gasteiger partial charge in [0, 0.05) is 25.0 Å². The van der Waals surface area contributed by atoms with Gasteiger partial charge in [0.25, 0.3) is 0 Å². The molecule has 1 atom stereocenters. The zero-order valence-corrected chi connectivity index (χ0v) is 15.2. The van der Waals surface area contributed by atoms with Crippen LogP contribution in [0.5, 0.6) is 5.75 Å². The van der Waals surface area contributed by atoms with Crippen LogP contribution in [0, 0.1) is 5.92 Å². The highest BCUT2D eigenvalue weighted by Crippen LogP contribution is 2.42. The maximum absolute atomic E-state index is 13.1. The summed E-state index contributed by atoms with van der Waals surface area (Å²) in [4.78, 5) is 8.27.